The SMILES string of the molecule is CC1(C)CCCCC1Nc1ccccc1CC(N)=O. The molecule has 1 saturated carbocycles. The molecule has 0 bridgehead atoms. The van der Waals surface area contributed by atoms with Gasteiger partial charge in [-0.25, -0.2) is 0 Å². The highest BCUT2D eigenvalue weighted by Gasteiger charge is 2.32. The molecule has 1 aliphatic carbocycles. The lowest BCUT2D eigenvalue weighted by Gasteiger charge is -2.40. The third-order valence-corrected chi connectivity index (χ3v) is 4.22. The van der Waals surface area contributed by atoms with Crippen LogP contribution in [0.15, 0.2) is 24.3 Å². The van der Waals surface area contributed by atoms with Crippen molar-refractivity contribution in [1.29, 1.82) is 0 Å². The predicted molar refractivity (Wildman–Crippen MR) is 79.0 cm³/mol. The minimum Gasteiger partial charge on any atom is -0.382 e. The van der Waals surface area contributed by atoms with Crippen molar-refractivity contribution in [3.63, 3.8) is 0 Å². The fourth-order valence-corrected chi connectivity index (χ4v) is 2.95. The molecule has 104 valence electrons. The van der Waals surface area contributed by atoms with Crippen LogP contribution in [0.3, 0.4) is 0 Å². The summed E-state index contributed by atoms with van der Waals surface area (Å²) in [6.45, 7) is 4.64. The molecule has 0 heterocycles. The molecule has 3 heteroatoms. The van der Waals surface area contributed by atoms with Gasteiger partial charge in [0.2, 0.25) is 5.91 Å². The number of rotatable bonds is 4. The second kappa shape index (κ2) is 5.64. The van der Waals surface area contributed by atoms with Crippen LogP contribution in [0.4, 0.5) is 5.69 Å². The molecular formula is C16H24N2O. The number of amides is 1. The second-order valence-electron chi connectivity index (χ2n) is 6.23. The van der Waals surface area contributed by atoms with Crippen LogP contribution >= 0.6 is 0 Å². The Bertz CT molecular complexity index is 454. The summed E-state index contributed by atoms with van der Waals surface area (Å²) in [7, 11) is 0. The van der Waals surface area contributed by atoms with Crippen LogP contribution in [-0.2, 0) is 11.2 Å². The Morgan fingerprint density at radius 1 is 1.37 bits per heavy atom. The first kappa shape index (κ1) is 13.9. The van der Waals surface area contributed by atoms with Crippen LogP contribution in [0, 0.1) is 5.41 Å². The van der Waals surface area contributed by atoms with Crippen molar-refractivity contribution in [2.45, 2.75) is 52.0 Å². The second-order valence-corrected chi connectivity index (χ2v) is 6.23. The lowest BCUT2D eigenvalue weighted by atomic mass is 9.73. The maximum atomic E-state index is 11.1. The van der Waals surface area contributed by atoms with E-state index in [1.807, 2.05) is 24.3 Å². The van der Waals surface area contributed by atoms with Crippen molar-refractivity contribution in [2.75, 3.05) is 5.32 Å². The van der Waals surface area contributed by atoms with Gasteiger partial charge in [0, 0.05) is 11.7 Å². The van der Waals surface area contributed by atoms with Gasteiger partial charge in [0.1, 0.15) is 0 Å². The number of carbonyl (C=O) groups excluding carboxylic acids is 1. The first-order valence-corrected chi connectivity index (χ1v) is 7.12. The average Bonchev–Trinajstić information content (AvgIpc) is 2.33. The molecule has 19 heavy (non-hydrogen) atoms. The van der Waals surface area contributed by atoms with Gasteiger partial charge >= 0.3 is 0 Å². The standard InChI is InChI=1S/C16H24N2O/c1-16(2)10-6-5-9-14(16)18-13-8-4-3-7-12(13)11-15(17)19/h3-4,7-8,14,18H,5-6,9-11H2,1-2H3,(H2,17,19). The topological polar surface area (TPSA) is 55.1 Å². The highest BCUT2D eigenvalue weighted by Crippen LogP contribution is 2.37. The smallest absolute Gasteiger partial charge is 0.221 e. The Kier molecular flexibility index (Phi) is 4.13. The number of hydrogen-bond acceptors (Lipinski definition) is 2. The number of para-hydroxylation sites is 1. The highest BCUT2D eigenvalue weighted by molar-refractivity contribution is 5.78. The lowest BCUT2D eigenvalue weighted by Crippen LogP contribution is -2.39. The van der Waals surface area contributed by atoms with Gasteiger partial charge in [0.05, 0.1) is 6.42 Å². The van der Waals surface area contributed by atoms with E-state index < -0.39 is 0 Å². The summed E-state index contributed by atoms with van der Waals surface area (Å²) in [6, 6.07) is 8.44. The fraction of sp³-hybridized carbons (Fsp3) is 0.562. The van der Waals surface area contributed by atoms with Crippen molar-refractivity contribution in [1.82, 2.24) is 0 Å². The molecule has 0 aliphatic heterocycles. The van der Waals surface area contributed by atoms with Gasteiger partial charge in [0.15, 0.2) is 0 Å². The van der Waals surface area contributed by atoms with Gasteiger partial charge in [-0.15, -0.1) is 0 Å². The number of hydrogen-bond donors (Lipinski definition) is 2. The summed E-state index contributed by atoms with van der Waals surface area (Å²) >= 11 is 0. The molecule has 1 aromatic rings. The molecule has 1 unspecified atom stereocenters. The molecule has 3 nitrogen and oxygen atoms in total. The number of anilines is 1. The van der Waals surface area contributed by atoms with Gasteiger partial charge in [-0.1, -0.05) is 44.9 Å². The van der Waals surface area contributed by atoms with Crippen molar-refractivity contribution < 1.29 is 4.79 Å². The maximum absolute atomic E-state index is 11.1. The van der Waals surface area contributed by atoms with Crippen LogP contribution < -0.4 is 11.1 Å². The Balaban J connectivity index is 2.16. The third-order valence-electron chi connectivity index (χ3n) is 4.22. The quantitative estimate of drug-likeness (QED) is 0.874. The van der Waals surface area contributed by atoms with Crippen LogP contribution in [0.2, 0.25) is 0 Å². The molecule has 2 rings (SSSR count). The Morgan fingerprint density at radius 2 is 2.11 bits per heavy atom. The summed E-state index contributed by atoms with van der Waals surface area (Å²) in [5.74, 6) is -0.280. The van der Waals surface area contributed by atoms with E-state index in [4.69, 9.17) is 5.73 Å². The molecule has 1 aromatic carbocycles. The monoisotopic (exact) mass is 260 g/mol. The maximum Gasteiger partial charge on any atom is 0.221 e. The number of primary amides is 1. The van der Waals surface area contributed by atoms with Gasteiger partial charge < -0.3 is 11.1 Å². The van der Waals surface area contributed by atoms with Crippen LogP contribution in [0.1, 0.15) is 45.1 Å². The number of nitrogens with two attached hydrogens (primary N) is 1. The van der Waals surface area contributed by atoms with Gasteiger partial charge in [0.25, 0.3) is 0 Å². The molecule has 3 N–H and O–H groups in total. The highest BCUT2D eigenvalue weighted by atomic mass is 16.1. The zero-order valence-electron chi connectivity index (χ0n) is 11.9. The molecule has 0 aromatic heterocycles. The van der Waals surface area contributed by atoms with Gasteiger partial charge in [-0.2, -0.15) is 0 Å². The zero-order chi connectivity index (χ0) is 13.9. The Labute approximate surface area is 115 Å². The van der Waals surface area contributed by atoms with E-state index in [1.165, 1.54) is 25.7 Å². The molecule has 1 atom stereocenters. The largest absolute Gasteiger partial charge is 0.382 e. The van der Waals surface area contributed by atoms with E-state index in [0.29, 0.717) is 17.9 Å². The van der Waals surface area contributed by atoms with Crippen LogP contribution in [-0.4, -0.2) is 11.9 Å². The minimum absolute atomic E-state index is 0.280. The van der Waals surface area contributed by atoms with E-state index in [0.717, 1.165) is 11.3 Å². The summed E-state index contributed by atoms with van der Waals surface area (Å²) < 4.78 is 0. The van der Waals surface area contributed by atoms with Crippen molar-refractivity contribution >= 4 is 11.6 Å². The summed E-state index contributed by atoms with van der Waals surface area (Å²) in [6.07, 6.45) is 5.34. The molecule has 0 saturated heterocycles. The number of benzene rings is 1. The molecule has 0 spiro atoms. The predicted octanol–water partition coefficient (Wildman–Crippen LogP) is 3.10. The fourth-order valence-electron chi connectivity index (χ4n) is 2.95. The van der Waals surface area contributed by atoms with E-state index in [1.54, 1.807) is 0 Å². The number of nitrogens with one attached hydrogen (secondary N) is 1. The minimum atomic E-state index is -0.280. The first-order chi connectivity index (χ1) is 8.99. The van der Waals surface area contributed by atoms with Gasteiger partial charge in [-0.05, 0) is 29.9 Å². The van der Waals surface area contributed by atoms with Crippen LogP contribution in [0.25, 0.3) is 0 Å². The first-order valence-electron chi connectivity index (χ1n) is 7.12. The average molecular weight is 260 g/mol. The summed E-state index contributed by atoms with van der Waals surface area (Å²) in [5.41, 5.74) is 7.67. The van der Waals surface area contributed by atoms with Crippen molar-refractivity contribution in [3.05, 3.63) is 29.8 Å². The van der Waals surface area contributed by atoms with Crippen LogP contribution in [0.5, 0.6) is 0 Å². The van der Waals surface area contributed by atoms with Crippen molar-refractivity contribution in [3.8, 4) is 0 Å². The number of carbonyl (C=O) groups is 1. The molecular weight excluding hydrogens is 236 g/mol. The lowest BCUT2D eigenvalue weighted by molar-refractivity contribution is -0.117. The molecule has 1 amide bonds. The zero-order valence-corrected chi connectivity index (χ0v) is 11.9. The molecule has 1 aliphatic rings. The normalized spacial score (nSPS) is 21.9. The summed E-state index contributed by atoms with van der Waals surface area (Å²) in [5, 5.41) is 3.64. The molecule has 0 radical (unpaired) electrons. The van der Waals surface area contributed by atoms with Gasteiger partial charge in [-0.3, -0.25) is 4.79 Å². The van der Waals surface area contributed by atoms with E-state index >= 15 is 0 Å². The Hall–Kier alpha value is -1.51. The van der Waals surface area contributed by atoms with E-state index in [-0.39, 0.29) is 5.91 Å². The third kappa shape index (κ3) is 3.49. The summed E-state index contributed by atoms with van der Waals surface area (Å²) in [4.78, 5) is 11.1. The van der Waals surface area contributed by atoms with Crippen molar-refractivity contribution in [2.24, 2.45) is 11.1 Å². The molecule has 1 fully saturated rings. The van der Waals surface area contributed by atoms with E-state index in [2.05, 4.69) is 19.2 Å². The van der Waals surface area contributed by atoms with E-state index in [9.17, 15) is 4.79 Å². The Morgan fingerprint density at radius 3 is 2.79 bits per heavy atom.